The standard InChI is InChI=1S/C16H12Br2F3NO/c17-15(18)7-5-10-4-6-13(9-14(10)16(19,20)21)23-12-3-1-2-11(22)8-12/h1-4,6-9H,5,22H2. The second kappa shape index (κ2) is 7.40. The van der Waals surface area contributed by atoms with Crippen molar-refractivity contribution in [2.24, 2.45) is 0 Å². The molecule has 23 heavy (non-hydrogen) atoms. The molecule has 0 saturated heterocycles. The first-order valence-corrected chi connectivity index (χ1v) is 8.09. The Hall–Kier alpha value is -1.47. The molecule has 122 valence electrons. The number of nitrogens with two attached hydrogens (primary N) is 1. The third-order valence-corrected chi connectivity index (χ3v) is 3.60. The number of halogens is 5. The molecule has 2 rings (SSSR count). The maximum Gasteiger partial charge on any atom is 0.416 e. The average molecular weight is 451 g/mol. The minimum atomic E-state index is -4.46. The molecule has 0 atom stereocenters. The molecule has 0 aliphatic rings. The van der Waals surface area contributed by atoms with Crippen LogP contribution in [0.4, 0.5) is 18.9 Å². The van der Waals surface area contributed by atoms with Crippen LogP contribution in [0.25, 0.3) is 0 Å². The van der Waals surface area contributed by atoms with E-state index in [9.17, 15) is 13.2 Å². The zero-order valence-corrected chi connectivity index (χ0v) is 14.9. The van der Waals surface area contributed by atoms with Crippen LogP contribution in [0.1, 0.15) is 11.1 Å². The number of hydrogen-bond acceptors (Lipinski definition) is 2. The summed E-state index contributed by atoms with van der Waals surface area (Å²) in [7, 11) is 0. The van der Waals surface area contributed by atoms with Crippen molar-refractivity contribution in [1.82, 2.24) is 0 Å². The molecule has 0 unspecified atom stereocenters. The van der Waals surface area contributed by atoms with Gasteiger partial charge in [0.1, 0.15) is 11.5 Å². The molecular weight excluding hydrogens is 439 g/mol. The van der Waals surface area contributed by atoms with Gasteiger partial charge in [-0.1, -0.05) is 18.2 Å². The summed E-state index contributed by atoms with van der Waals surface area (Å²) in [5, 5.41) is 0. The van der Waals surface area contributed by atoms with Gasteiger partial charge in [0.25, 0.3) is 0 Å². The van der Waals surface area contributed by atoms with E-state index in [1.54, 1.807) is 30.3 Å². The smallest absolute Gasteiger partial charge is 0.416 e. The Morgan fingerprint density at radius 3 is 2.39 bits per heavy atom. The van der Waals surface area contributed by atoms with Gasteiger partial charge in [0.15, 0.2) is 0 Å². The van der Waals surface area contributed by atoms with Gasteiger partial charge in [0.05, 0.1) is 8.96 Å². The maximum atomic E-state index is 13.2. The minimum Gasteiger partial charge on any atom is -0.457 e. The quantitative estimate of drug-likeness (QED) is 0.558. The van der Waals surface area contributed by atoms with Gasteiger partial charge in [-0.05, 0) is 68.1 Å². The van der Waals surface area contributed by atoms with Crippen LogP contribution in [0.15, 0.2) is 51.9 Å². The fourth-order valence-corrected chi connectivity index (χ4v) is 2.29. The van der Waals surface area contributed by atoms with Crippen LogP contribution in [0.5, 0.6) is 11.5 Å². The van der Waals surface area contributed by atoms with E-state index >= 15 is 0 Å². The summed E-state index contributed by atoms with van der Waals surface area (Å²) in [6, 6.07) is 10.4. The molecule has 0 spiro atoms. The number of hydrogen-bond donors (Lipinski definition) is 1. The van der Waals surface area contributed by atoms with Gasteiger partial charge in [0, 0.05) is 11.8 Å². The molecule has 0 saturated carbocycles. The number of benzene rings is 2. The summed E-state index contributed by atoms with van der Waals surface area (Å²) >= 11 is 6.26. The van der Waals surface area contributed by atoms with Crippen molar-refractivity contribution >= 4 is 37.5 Å². The molecule has 2 nitrogen and oxygen atoms in total. The number of allylic oxidation sites excluding steroid dienone is 1. The molecule has 7 heteroatoms. The number of nitrogen functional groups attached to an aromatic ring is 1. The normalized spacial score (nSPS) is 11.2. The van der Waals surface area contributed by atoms with Gasteiger partial charge in [-0.2, -0.15) is 13.2 Å². The summed E-state index contributed by atoms with van der Waals surface area (Å²) in [4.78, 5) is 0. The van der Waals surface area contributed by atoms with E-state index < -0.39 is 11.7 Å². The summed E-state index contributed by atoms with van der Waals surface area (Å²) in [5.41, 5.74) is 5.54. The van der Waals surface area contributed by atoms with E-state index in [4.69, 9.17) is 10.5 Å². The lowest BCUT2D eigenvalue weighted by Gasteiger charge is -2.14. The van der Waals surface area contributed by atoms with Crippen LogP contribution in [-0.2, 0) is 12.6 Å². The van der Waals surface area contributed by atoms with E-state index in [0.29, 0.717) is 14.8 Å². The van der Waals surface area contributed by atoms with Gasteiger partial charge >= 0.3 is 6.18 Å². The largest absolute Gasteiger partial charge is 0.457 e. The SMILES string of the molecule is Nc1cccc(Oc2ccc(CC=C(Br)Br)c(C(F)(F)F)c2)c1. The van der Waals surface area contributed by atoms with Crippen molar-refractivity contribution in [3.05, 3.63) is 63.1 Å². The Kier molecular flexibility index (Phi) is 5.75. The molecule has 0 heterocycles. The van der Waals surface area contributed by atoms with Crippen molar-refractivity contribution in [3.8, 4) is 11.5 Å². The Morgan fingerprint density at radius 2 is 1.78 bits per heavy atom. The minimum absolute atomic E-state index is 0.105. The first-order chi connectivity index (χ1) is 10.8. The van der Waals surface area contributed by atoms with Gasteiger partial charge in [-0.15, -0.1) is 0 Å². The maximum absolute atomic E-state index is 13.2. The fourth-order valence-electron chi connectivity index (χ4n) is 1.96. The highest BCUT2D eigenvalue weighted by Crippen LogP contribution is 2.36. The molecule has 0 radical (unpaired) electrons. The van der Waals surface area contributed by atoms with Gasteiger partial charge < -0.3 is 10.5 Å². The highest BCUT2D eigenvalue weighted by atomic mass is 79.9. The molecule has 2 N–H and O–H groups in total. The molecule has 0 aromatic heterocycles. The third-order valence-electron chi connectivity index (χ3n) is 2.96. The van der Waals surface area contributed by atoms with Gasteiger partial charge in [0.2, 0.25) is 0 Å². The van der Waals surface area contributed by atoms with Crippen LogP contribution >= 0.6 is 31.9 Å². The summed E-state index contributed by atoms with van der Waals surface area (Å²) in [5.74, 6) is 0.488. The van der Waals surface area contributed by atoms with Crippen molar-refractivity contribution in [2.45, 2.75) is 12.6 Å². The van der Waals surface area contributed by atoms with Crippen molar-refractivity contribution < 1.29 is 17.9 Å². The van der Waals surface area contributed by atoms with E-state index in [-0.39, 0.29) is 17.7 Å². The molecule has 0 aliphatic heterocycles. The molecular formula is C16H12Br2F3NO. The number of alkyl halides is 3. The molecule has 0 bridgehead atoms. The average Bonchev–Trinajstić information content (AvgIpc) is 2.45. The van der Waals surface area contributed by atoms with Crippen molar-refractivity contribution in [2.75, 3.05) is 5.73 Å². The topological polar surface area (TPSA) is 35.2 Å². The fraction of sp³-hybridized carbons (Fsp3) is 0.125. The van der Waals surface area contributed by atoms with Crippen LogP contribution < -0.4 is 10.5 Å². The summed E-state index contributed by atoms with van der Waals surface area (Å²) in [6.45, 7) is 0. The zero-order valence-electron chi connectivity index (χ0n) is 11.7. The second-order valence-corrected chi connectivity index (χ2v) is 7.46. The van der Waals surface area contributed by atoms with Gasteiger partial charge in [-0.3, -0.25) is 0 Å². The van der Waals surface area contributed by atoms with Crippen LogP contribution in [0, 0.1) is 0 Å². The first kappa shape index (κ1) is 17.9. The highest BCUT2D eigenvalue weighted by Gasteiger charge is 2.33. The zero-order chi connectivity index (χ0) is 17.0. The van der Waals surface area contributed by atoms with E-state index in [1.807, 2.05) is 0 Å². The lowest BCUT2D eigenvalue weighted by atomic mass is 10.0. The molecule has 2 aromatic rings. The highest BCUT2D eigenvalue weighted by molar-refractivity contribution is 9.28. The predicted molar refractivity (Wildman–Crippen MR) is 92.0 cm³/mol. The number of anilines is 1. The van der Waals surface area contributed by atoms with Crippen LogP contribution in [0.3, 0.4) is 0 Å². The van der Waals surface area contributed by atoms with Crippen molar-refractivity contribution in [1.29, 1.82) is 0 Å². The molecule has 0 fully saturated rings. The monoisotopic (exact) mass is 449 g/mol. The Morgan fingerprint density at radius 1 is 1.09 bits per heavy atom. The Labute approximate surface area is 148 Å². The number of rotatable bonds is 4. The Balaban J connectivity index is 2.34. The number of ether oxygens (including phenoxy) is 1. The summed E-state index contributed by atoms with van der Waals surface area (Å²) < 4.78 is 45.8. The first-order valence-electron chi connectivity index (χ1n) is 6.50. The van der Waals surface area contributed by atoms with Crippen LogP contribution in [-0.4, -0.2) is 0 Å². The molecule has 0 aliphatic carbocycles. The lowest BCUT2D eigenvalue weighted by molar-refractivity contribution is -0.138. The van der Waals surface area contributed by atoms with E-state index in [2.05, 4.69) is 31.9 Å². The Bertz CT molecular complexity index is 726. The van der Waals surface area contributed by atoms with Crippen molar-refractivity contribution in [3.63, 3.8) is 0 Å². The van der Waals surface area contributed by atoms with Gasteiger partial charge in [-0.25, -0.2) is 0 Å². The van der Waals surface area contributed by atoms with Crippen LogP contribution in [0.2, 0.25) is 0 Å². The lowest BCUT2D eigenvalue weighted by Crippen LogP contribution is -2.09. The van der Waals surface area contributed by atoms with E-state index in [0.717, 1.165) is 6.07 Å². The van der Waals surface area contributed by atoms with E-state index in [1.165, 1.54) is 12.1 Å². The third kappa shape index (κ3) is 5.28. The summed E-state index contributed by atoms with van der Waals surface area (Å²) in [6.07, 6.45) is -2.72. The predicted octanol–water partition coefficient (Wildman–Crippen LogP) is 6.25. The molecule has 2 aromatic carbocycles. The molecule has 0 amide bonds. The second-order valence-electron chi connectivity index (χ2n) is 4.69.